The summed E-state index contributed by atoms with van der Waals surface area (Å²) in [6.45, 7) is 1.24. The fourth-order valence-corrected chi connectivity index (χ4v) is 2.71. The number of hydrogen-bond donors (Lipinski definition) is 0. The van der Waals surface area contributed by atoms with Crippen LogP contribution in [0.4, 0.5) is 14.5 Å². The average molecular weight is 287 g/mol. The van der Waals surface area contributed by atoms with Gasteiger partial charge in [-0.2, -0.15) is 0 Å². The van der Waals surface area contributed by atoms with Gasteiger partial charge in [-0.1, -0.05) is 18.2 Å². The second-order valence-electron chi connectivity index (χ2n) is 5.16. The van der Waals surface area contributed by atoms with Crippen molar-refractivity contribution in [2.45, 2.75) is 12.8 Å². The van der Waals surface area contributed by atoms with E-state index in [0.29, 0.717) is 6.54 Å². The second-order valence-corrected chi connectivity index (χ2v) is 5.16. The second kappa shape index (κ2) is 5.64. The Bertz CT molecular complexity index is 684. The Labute approximate surface area is 122 Å². The van der Waals surface area contributed by atoms with Gasteiger partial charge in [0.15, 0.2) is 5.78 Å². The van der Waals surface area contributed by atoms with Gasteiger partial charge in [0, 0.05) is 25.2 Å². The lowest BCUT2D eigenvalue weighted by Crippen LogP contribution is -2.24. The first-order chi connectivity index (χ1) is 10.1. The first-order valence-electron chi connectivity index (χ1n) is 6.96. The van der Waals surface area contributed by atoms with Crippen LogP contribution in [0.1, 0.15) is 22.3 Å². The zero-order valence-corrected chi connectivity index (χ0v) is 11.5. The van der Waals surface area contributed by atoms with E-state index in [1.54, 1.807) is 18.2 Å². The minimum absolute atomic E-state index is 0.121. The van der Waals surface area contributed by atoms with Gasteiger partial charge in [0.25, 0.3) is 0 Å². The largest absolute Gasteiger partial charge is 0.370 e. The van der Waals surface area contributed by atoms with Crippen molar-refractivity contribution < 1.29 is 13.6 Å². The molecule has 1 heterocycles. The summed E-state index contributed by atoms with van der Waals surface area (Å²) >= 11 is 0. The van der Waals surface area contributed by atoms with E-state index in [-0.39, 0.29) is 23.6 Å². The van der Waals surface area contributed by atoms with Gasteiger partial charge in [-0.25, -0.2) is 8.78 Å². The van der Waals surface area contributed by atoms with E-state index in [4.69, 9.17) is 0 Å². The van der Waals surface area contributed by atoms with Crippen molar-refractivity contribution in [3.8, 4) is 0 Å². The quantitative estimate of drug-likeness (QED) is 0.801. The lowest BCUT2D eigenvalue weighted by Gasteiger charge is -2.19. The Kier molecular flexibility index (Phi) is 3.69. The molecule has 0 spiro atoms. The highest BCUT2D eigenvalue weighted by Gasteiger charge is 2.20. The molecule has 0 saturated heterocycles. The lowest BCUT2D eigenvalue weighted by molar-refractivity contribution is 0.0981. The summed E-state index contributed by atoms with van der Waals surface area (Å²) in [7, 11) is 0. The highest BCUT2D eigenvalue weighted by atomic mass is 19.1. The molecule has 4 heteroatoms. The molecule has 0 aromatic heterocycles. The summed E-state index contributed by atoms with van der Waals surface area (Å²) in [4.78, 5) is 14.0. The van der Waals surface area contributed by atoms with Gasteiger partial charge in [0.1, 0.15) is 11.6 Å². The molecule has 0 bridgehead atoms. The molecule has 2 aromatic rings. The third kappa shape index (κ3) is 2.79. The SMILES string of the molecule is O=C(CCN1CCc2ccc(F)cc21)c1ccccc1F. The molecule has 21 heavy (non-hydrogen) atoms. The molecule has 0 amide bonds. The van der Waals surface area contributed by atoms with Crippen molar-refractivity contribution in [2.75, 3.05) is 18.0 Å². The molecule has 1 aliphatic heterocycles. The molecule has 0 unspecified atom stereocenters. The standard InChI is InChI=1S/C17H15F2NO/c18-13-6-5-12-7-9-20(16(12)11-13)10-8-17(21)14-3-1-2-4-15(14)19/h1-6,11H,7-10H2. The number of carbonyl (C=O) groups is 1. The molecule has 3 rings (SSSR count). The number of rotatable bonds is 4. The molecule has 108 valence electrons. The maximum Gasteiger partial charge on any atom is 0.167 e. The van der Waals surface area contributed by atoms with Gasteiger partial charge >= 0.3 is 0 Å². The number of ketones is 1. The smallest absolute Gasteiger partial charge is 0.167 e. The summed E-state index contributed by atoms with van der Waals surface area (Å²) in [5, 5.41) is 0. The van der Waals surface area contributed by atoms with Gasteiger partial charge in [-0.05, 0) is 36.2 Å². The van der Waals surface area contributed by atoms with Crippen LogP contribution in [0.15, 0.2) is 42.5 Å². The predicted molar refractivity (Wildman–Crippen MR) is 77.7 cm³/mol. The number of halogens is 2. The number of fused-ring (bicyclic) bond motifs is 1. The fourth-order valence-electron chi connectivity index (χ4n) is 2.71. The molecule has 0 radical (unpaired) electrons. The normalized spacial score (nSPS) is 13.3. The molecule has 1 aliphatic rings. The first kappa shape index (κ1) is 13.7. The van der Waals surface area contributed by atoms with Crippen LogP contribution in [0, 0.1) is 11.6 Å². The fraction of sp³-hybridized carbons (Fsp3) is 0.235. The number of carbonyl (C=O) groups excluding carboxylic acids is 1. The first-order valence-corrected chi connectivity index (χ1v) is 6.96. The summed E-state index contributed by atoms with van der Waals surface area (Å²) in [5.41, 5.74) is 2.06. The van der Waals surface area contributed by atoms with Gasteiger partial charge in [-0.15, -0.1) is 0 Å². The van der Waals surface area contributed by atoms with Crippen LogP contribution >= 0.6 is 0 Å². The Morgan fingerprint density at radius 3 is 2.76 bits per heavy atom. The molecule has 0 aliphatic carbocycles. The van der Waals surface area contributed by atoms with Gasteiger partial charge in [0.2, 0.25) is 0 Å². The van der Waals surface area contributed by atoms with Crippen LogP contribution in [0.2, 0.25) is 0 Å². The number of anilines is 1. The number of Topliss-reactive ketones (excluding diaryl/α,β-unsaturated/α-hetero) is 1. The monoisotopic (exact) mass is 287 g/mol. The molecular weight excluding hydrogens is 272 g/mol. The van der Waals surface area contributed by atoms with E-state index in [1.807, 2.05) is 4.90 Å². The number of benzene rings is 2. The Morgan fingerprint density at radius 1 is 1.14 bits per heavy atom. The summed E-state index contributed by atoms with van der Waals surface area (Å²) in [5.74, 6) is -0.991. The minimum atomic E-state index is -0.490. The zero-order chi connectivity index (χ0) is 14.8. The van der Waals surface area contributed by atoms with E-state index >= 15 is 0 Å². The van der Waals surface area contributed by atoms with Crippen LogP contribution in [0.3, 0.4) is 0 Å². The molecule has 0 fully saturated rings. The third-order valence-electron chi connectivity index (χ3n) is 3.82. The maximum absolute atomic E-state index is 13.5. The van der Waals surface area contributed by atoms with Gasteiger partial charge in [0.05, 0.1) is 5.56 Å². The van der Waals surface area contributed by atoms with Crippen LogP contribution in [0.25, 0.3) is 0 Å². The van der Waals surface area contributed by atoms with Crippen molar-refractivity contribution >= 4 is 11.5 Å². The Morgan fingerprint density at radius 2 is 1.95 bits per heavy atom. The molecular formula is C17H15F2NO. The maximum atomic E-state index is 13.5. The average Bonchev–Trinajstić information content (AvgIpc) is 2.87. The highest BCUT2D eigenvalue weighted by molar-refractivity contribution is 5.96. The van der Waals surface area contributed by atoms with Crippen LogP contribution in [0.5, 0.6) is 0 Å². The summed E-state index contributed by atoms with van der Waals surface area (Å²) in [6.07, 6.45) is 1.07. The van der Waals surface area contributed by atoms with E-state index in [9.17, 15) is 13.6 Å². The lowest BCUT2D eigenvalue weighted by atomic mass is 10.1. The van der Waals surface area contributed by atoms with Crippen LogP contribution in [-0.2, 0) is 6.42 Å². The van der Waals surface area contributed by atoms with Crippen molar-refractivity contribution in [1.29, 1.82) is 0 Å². The van der Waals surface area contributed by atoms with Gasteiger partial charge < -0.3 is 4.90 Å². The summed E-state index contributed by atoms with van der Waals surface area (Å²) < 4.78 is 26.9. The van der Waals surface area contributed by atoms with E-state index in [1.165, 1.54) is 24.3 Å². The predicted octanol–water partition coefficient (Wildman–Crippen LogP) is 3.60. The topological polar surface area (TPSA) is 20.3 Å². The van der Waals surface area contributed by atoms with E-state index in [0.717, 1.165) is 24.2 Å². The minimum Gasteiger partial charge on any atom is -0.370 e. The third-order valence-corrected chi connectivity index (χ3v) is 3.82. The van der Waals surface area contributed by atoms with Crippen LogP contribution < -0.4 is 4.90 Å². The van der Waals surface area contributed by atoms with Crippen LogP contribution in [-0.4, -0.2) is 18.9 Å². The van der Waals surface area contributed by atoms with E-state index in [2.05, 4.69) is 0 Å². The zero-order valence-electron chi connectivity index (χ0n) is 11.5. The summed E-state index contributed by atoms with van der Waals surface area (Å²) in [6, 6.07) is 10.7. The van der Waals surface area contributed by atoms with E-state index < -0.39 is 5.82 Å². The highest BCUT2D eigenvalue weighted by Crippen LogP contribution is 2.28. The Balaban J connectivity index is 1.69. The number of nitrogens with zero attached hydrogens (tertiary/aromatic N) is 1. The Hall–Kier alpha value is -2.23. The van der Waals surface area contributed by atoms with Crippen molar-refractivity contribution in [3.05, 3.63) is 65.2 Å². The number of hydrogen-bond acceptors (Lipinski definition) is 2. The molecule has 0 saturated carbocycles. The molecule has 0 atom stereocenters. The van der Waals surface area contributed by atoms with Crippen molar-refractivity contribution in [1.82, 2.24) is 0 Å². The van der Waals surface area contributed by atoms with Crippen molar-refractivity contribution in [2.24, 2.45) is 0 Å². The van der Waals surface area contributed by atoms with Crippen molar-refractivity contribution in [3.63, 3.8) is 0 Å². The molecule has 0 N–H and O–H groups in total. The molecule has 2 aromatic carbocycles. The molecule has 2 nitrogen and oxygen atoms in total. The van der Waals surface area contributed by atoms with Gasteiger partial charge in [-0.3, -0.25) is 4.79 Å².